The van der Waals surface area contributed by atoms with Gasteiger partial charge in [0.2, 0.25) is 0 Å². The number of ether oxygens (including phenoxy) is 2. The largest absolute Gasteiger partial charge is 0.497 e. The number of halogens is 9. The second kappa shape index (κ2) is 19.4. The van der Waals surface area contributed by atoms with Gasteiger partial charge in [-0.1, -0.05) is 12.1 Å². The highest BCUT2D eigenvalue weighted by Crippen LogP contribution is 2.30. The number of hydrogen-bond donors (Lipinski definition) is 4. The molecule has 0 spiro atoms. The van der Waals surface area contributed by atoms with Crippen molar-refractivity contribution in [2.75, 3.05) is 19.1 Å². The fourth-order valence-corrected chi connectivity index (χ4v) is 3.78. The number of aliphatic carboxylic acids is 3. The fourth-order valence-electron chi connectivity index (χ4n) is 3.78. The number of methoxy groups -OCH3 is 1. The third kappa shape index (κ3) is 15.1. The number of hydrogen-bond acceptors (Lipinski definition) is 10. The Bertz CT molecular complexity index is 1950. The average molecular weight is 795 g/mol. The lowest BCUT2D eigenvalue weighted by Gasteiger charge is -2.21. The summed E-state index contributed by atoms with van der Waals surface area (Å²) in [6.45, 7) is 0.920. The number of pyridine rings is 1. The summed E-state index contributed by atoms with van der Waals surface area (Å²) in [5, 5.41) is 29.3. The molecule has 3 aromatic heterocycles. The SMILES string of the molecule is COc1cccc(OCc2nc(N(C)Cc3ccncc3)c3cc(-c4cn[nH]c4)ccc3n2)c1.O=C(O)C(F)(F)F.O=C(O)C(F)(F)F.O=C(O)C(F)(F)F. The minimum atomic E-state index is -5.08. The summed E-state index contributed by atoms with van der Waals surface area (Å²) in [4.78, 5) is 42.6. The summed E-state index contributed by atoms with van der Waals surface area (Å²) < 4.78 is 106. The summed E-state index contributed by atoms with van der Waals surface area (Å²) in [5.41, 5.74) is 4.05. The van der Waals surface area contributed by atoms with Crippen molar-refractivity contribution >= 4 is 34.6 Å². The number of carboxylic acid groups (broad SMARTS) is 3. The van der Waals surface area contributed by atoms with Crippen molar-refractivity contribution in [3.05, 3.63) is 90.8 Å². The minimum absolute atomic E-state index is 0.239. The quantitative estimate of drug-likeness (QED) is 0.124. The summed E-state index contributed by atoms with van der Waals surface area (Å²) in [6.07, 6.45) is -7.98. The lowest BCUT2D eigenvalue weighted by molar-refractivity contribution is -0.193. The molecule has 0 saturated carbocycles. The molecule has 0 bridgehead atoms. The van der Waals surface area contributed by atoms with Gasteiger partial charge in [0.05, 0.1) is 18.8 Å². The van der Waals surface area contributed by atoms with E-state index in [-0.39, 0.29) is 6.61 Å². The number of rotatable bonds is 8. The van der Waals surface area contributed by atoms with Gasteiger partial charge in [-0.3, -0.25) is 10.1 Å². The first-order chi connectivity index (χ1) is 25.5. The maximum atomic E-state index is 10.6. The van der Waals surface area contributed by atoms with E-state index in [4.69, 9.17) is 49.1 Å². The van der Waals surface area contributed by atoms with Gasteiger partial charge in [0.15, 0.2) is 5.82 Å². The first-order valence-electron chi connectivity index (χ1n) is 14.6. The maximum Gasteiger partial charge on any atom is 0.490 e. The molecule has 14 nitrogen and oxygen atoms in total. The van der Waals surface area contributed by atoms with Crippen molar-refractivity contribution in [1.29, 1.82) is 0 Å². The number of alkyl halides is 9. The van der Waals surface area contributed by atoms with E-state index in [0.717, 1.165) is 39.2 Å². The van der Waals surface area contributed by atoms with Crippen LogP contribution in [0.5, 0.6) is 11.5 Å². The van der Waals surface area contributed by atoms with Gasteiger partial charge >= 0.3 is 36.4 Å². The van der Waals surface area contributed by atoms with Gasteiger partial charge in [0.1, 0.15) is 23.9 Å². The number of fused-ring (bicyclic) bond motifs is 1. The molecule has 0 radical (unpaired) electrons. The van der Waals surface area contributed by atoms with Crippen LogP contribution in [-0.4, -0.2) is 91.1 Å². The van der Waals surface area contributed by atoms with Gasteiger partial charge in [0.25, 0.3) is 0 Å². The van der Waals surface area contributed by atoms with Gasteiger partial charge in [-0.05, 0) is 47.5 Å². The zero-order valence-corrected chi connectivity index (χ0v) is 27.9. The average Bonchev–Trinajstić information content (AvgIpc) is 3.66. The summed E-state index contributed by atoms with van der Waals surface area (Å²) >= 11 is 0. The van der Waals surface area contributed by atoms with E-state index < -0.39 is 36.4 Å². The van der Waals surface area contributed by atoms with Crippen molar-refractivity contribution < 1.29 is 78.7 Å². The number of carboxylic acids is 3. The van der Waals surface area contributed by atoms with E-state index in [1.807, 2.05) is 61.8 Å². The summed E-state index contributed by atoms with van der Waals surface area (Å²) in [6, 6.07) is 17.7. The predicted octanol–water partition coefficient (Wildman–Crippen LogP) is 6.54. The first kappa shape index (κ1) is 44.5. The van der Waals surface area contributed by atoms with Gasteiger partial charge in [-0.15, -0.1) is 0 Å². The van der Waals surface area contributed by atoms with Crippen LogP contribution in [0.4, 0.5) is 45.3 Å². The van der Waals surface area contributed by atoms with Gasteiger partial charge < -0.3 is 29.7 Å². The normalized spacial score (nSPS) is 11.0. The van der Waals surface area contributed by atoms with Crippen LogP contribution >= 0.6 is 0 Å². The molecule has 3 heterocycles. The van der Waals surface area contributed by atoms with E-state index in [0.29, 0.717) is 18.1 Å². The molecule has 296 valence electrons. The smallest absolute Gasteiger partial charge is 0.490 e. The molecule has 2 aromatic carbocycles. The van der Waals surface area contributed by atoms with E-state index in [1.54, 1.807) is 25.7 Å². The van der Waals surface area contributed by atoms with Gasteiger partial charge in [-0.2, -0.15) is 44.6 Å². The van der Waals surface area contributed by atoms with Crippen LogP contribution in [-0.2, 0) is 27.5 Å². The van der Waals surface area contributed by atoms with E-state index >= 15 is 0 Å². The first-order valence-corrected chi connectivity index (χ1v) is 14.6. The van der Waals surface area contributed by atoms with Gasteiger partial charge in [0, 0.05) is 49.2 Å². The Balaban J connectivity index is 0.000000408. The van der Waals surface area contributed by atoms with Crippen LogP contribution < -0.4 is 14.4 Å². The van der Waals surface area contributed by atoms with E-state index in [1.165, 1.54) is 0 Å². The molecule has 55 heavy (non-hydrogen) atoms. The lowest BCUT2D eigenvalue weighted by Crippen LogP contribution is -2.21. The van der Waals surface area contributed by atoms with Crippen molar-refractivity contribution in [2.24, 2.45) is 0 Å². The number of nitrogens with one attached hydrogen (secondary N) is 1. The number of carbonyl (C=O) groups is 3. The summed E-state index contributed by atoms with van der Waals surface area (Å²) in [7, 11) is 3.66. The molecular weight excluding hydrogens is 767 g/mol. The zero-order valence-electron chi connectivity index (χ0n) is 27.9. The molecule has 0 saturated heterocycles. The molecular formula is C32H27F9N6O8. The van der Waals surface area contributed by atoms with Crippen molar-refractivity contribution in [3.8, 4) is 22.6 Å². The molecule has 0 aliphatic carbocycles. The topological polar surface area (TPSA) is 201 Å². The monoisotopic (exact) mass is 794 g/mol. The maximum absolute atomic E-state index is 10.6. The third-order valence-corrected chi connectivity index (χ3v) is 6.22. The number of H-pyrrole nitrogens is 1. The highest BCUT2D eigenvalue weighted by Gasteiger charge is 2.39. The Morgan fingerprint density at radius 3 is 1.80 bits per heavy atom. The number of nitrogens with zero attached hydrogens (tertiary/aromatic N) is 5. The highest BCUT2D eigenvalue weighted by molar-refractivity contribution is 5.93. The Morgan fingerprint density at radius 1 is 0.764 bits per heavy atom. The second-order valence-electron chi connectivity index (χ2n) is 10.3. The van der Waals surface area contributed by atoms with Crippen LogP contribution in [0.15, 0.2) is 79.4 Å². The van der Waals surface area contributed by atoms with Crippen LogP contribution in [0, 0.1) is 0 Å². The Labute approximate surface area is 302 Å². The Morgan fingerprint density at radius 2 is 1.31 bits per heavy atom. The number of anilines is 1. The number of aromatic nitrogens is 5. The standard InChI is InChI=1S/C26H24N6O2.3C2HF3O2/c1-32(16-18-8-10-27-11-9-18)26-23-12-19(20-14-28-29-15-20)6-7-24(23)30-25(31-26)17-34-22-5-3-4-21(13-22)33-2;3*3-2(4,5)1(6)7/h3-15H,16-17H2,1-2H3,(H,28,29);3*(H,6,7). The molecule has 0 aliphatic heterocycles. The van der Waals surface area contributed by atoms with E-state index in [2.05, 4.69) is 26.1 Å². The zero-order chi connectivity index (χ0) is 41.6. The van der Waals surface area contributed by atoms with Crippen molar-refractivity contribution in [3.63, 3.8) is 0 Å². The molecule has 23 heteroatoms. The van der Waals surface area contributed by atoms with Crippen LogP contribution in [0.3, 0.4) is 0 Å². The molecule has 0 aliphatic rings. The van der Waals surface area contributed by atoms with Gasteiger partial charge in [-0.25, -0.2) is 24.4 Å². The number of benzene rings is 2. The number of aromatic amines is 1. The molecule has 0 atom stereocenters. The molecule has 5 aromatic rings. The fraction of sp³-hybridized carbons (Fsp3) is 0.219. The molecule has 4 N–H and O–H groups in total. The lowest BCUT2D eigenvalue weighted by atomic mass is 10.1. The molecule has 5 rings (SSSR count). The van der Waals surface area contributed by atoms with Crippen LogP contribution in [0.1, 0.15) is 11.4 Å². The molecule has 0 unspecified atom stereocenters. The summed E-state index contributed by atoms with van der Waals surface area (Å²) in [5.74, 6) is -5.40. The molecule has 0 fully saturated rings. The highest BCUT2D eigenvalue weighted by atomic mass is 19.4. The van der Waals surface area contributed by atoms with Crippen LogP contribution in [0.25, 0.3) is 22.0 Å². The minimum Gasteiger partial charge on any atom is -0.497 e. The Kier molecular flexibility index (Phi) is 15.7. The van der Waals surface area contributed by atoms with E-state index in [9.17, 15) is 39.5 Å². The third-order valence-electron chi connectivity index (χ3n) is 6.22. The second-order valence-corrected chi connectivity index (χ2v) is 10.3. The molecule has 0 amide bonds. The van der Waals surface area contributed by atoms with Crippen LogP contribution in [0.2, 0.25) is 0 Å². The van der Waals surface area contributed by atoms with Crippen molar-refractivity contribution in [1.82, 2.24) is 25.1 Å². The predicted molar refractivity (Wildman–Crippen MR) is 172 cm³/mol. The Hall–Kier alpha value is -6.68. The van der Waals surface area contributed by atoms with Crippen molar-refractivity contribution in [2.45, 2.75) is 31.7 Å².